The molecule has 0 aliphatic heterocycles. The van der Waals surface area contributed by atoms with Crippen molar-refractivity contribution in [3.63, 3.8) is 0 Å². The van der Waals surface area contributed by atoms with Crippen LogP contribution in [0.2, 0.25) is 0 Å². The van der Waals surface area contributed by atoms with Crippen molar-refractivity contribution in [1.29, 1.82) is 0 Å². The fourth-order valence-corrected chi connectivity index (χ4v) is 0.348. The van der Waals surface area contributed by atoms with Crippen LogP contribution in [0.5, 0.6) is 0 Å². The lowest BCUT2D eigenvalue weighted by Gasteiger charge is -1.93. The van der Waals surface area contributed by atoms with Gasteiger partial charge >= 0.3 is 12.1 Å². The topological polar surface area (TPSA) is 136 Å². The van der Waals surface area contributed by atoms with Crippen LogP contribution in [-0.4, -0.2) is 32.3 Å². The molecule has 0 fully saturated rings. The molecule has 0 radical (unpaired) electrons. The Bertz CT molecular complexity index is 273. The molecule has 0 spiro atoms. The summed E-state index contributed by atoms with van der Waals surface area (Å²) in [5.74, 6) is -2.76. The van der Waals surface area contributed by atoms with Crippen molar-refractivity contribution >= 4 is 16.2 Å². The lowest BCUT2D eigenvalue weighted by atomic mass is 10.7. The van der Waals surface area contributed by atoms with Crippen LogP contribution in [0.1, 0.15) is 0 Å². The number of hydrogen-bond acceptors (Lipinski definition) is 4. The Kier molecular flexibility index (Phi) is 6.38. The minimum atomic E-state index is -5.08. The highest BCUT2D eigenvalue weighted by molar-refractivity contribution is 7.87. The van der Waals surface area contributed by atoms with E-state index < -0.39 is 22.4 Å². The first-order valence-corrected chi connectivity index (χ1v) is 4.33. The molecule has 0 atom stereocenters. The van der Waals surface area contributed by atoms with Crippen LogP contribution in [0.15, 0.2) is 0 Å². The van der Waals surface area contributed by atoms with E-state index in [1.165, 1.54) is 0 Å². The van der Waals surface area contributed by atoms with Gasteiger partial charge in [0.05, 0.1) is 6.67 Å². The van der Waals surface area contributed by atoms with E-state index in [1.54, 1.807) is 0 Å². The van der Waals surface area contributed by atoms with Gasteiger partial charge in [-0.15, -0.1) is 0 Å². The lowest BCUT2D eigenvalue weighted by Crippen LogP contribution is -2.34. The van der Waals surface area contributed by atoms with Crippen molar-refractivity contribution in [2.75, 3.05) is 6.67 Å². The van der Waals surface area contributed by atoms with Crippen LogP contribution in [-0.2, 0) is 15.0 Å². The molecule has 0 amide bonds. The minimum Gasteiger partial charge on any atom is -0.475 e. The van der Waals surface area contributed by atoms with Gasteiger partial charge in [-0.25, -0.2) is 9.93 Å². The standard InChI is InChI=1S/C2HF3O2.CH7N3O2S/c3-2(4,5)1(6)7;2-1-4-7(3,5)6/h(H,6,7);4H,1-2H2,(H2,3,5,6). The quantitative estimate of drug-likeness (QED) is 0.427. The molecule has 0 aliphatic rings. The maximum absolute atomic E-state index is 10.6. The summed E-state index contributed by atoms with van der Waals surface area (Å²) in [6.07, 6.45) is -5.08. The van der Waals surface area contributed by atoms with Gasteiger partial charge in [0.25, 0.3) is 10.2 Å². The number of rotatable bonds is 2. The van der Waals surface area contributed by atoms with E-state index in [0.29, 0.717) is 0 Å². The van der Waals surface area contributed by atoms with Gasteiger partial charge in [-0.2, -0.15) is 26.3 Å². The molecule has 86 valence electrons. The number of carbonyl (C=O) groups is 1. The molecule has 6 N–H and O–H groups in total. The van der Waals surface area contributed by atoms with Gasteiger partial charge in [-0.3, -0.25) is 0 Å². The van der Waals surface area contributed by atoms with E-state index in [1.807, 2.05) is 4.72 Å². The summed E-state index contributed by atoms with van der Waals surface area (Å²) in [4.78, 5) is 8.90. The predicted octanol–water partition coefficient (Wildman–Crippen LogP) is -1.67. The normalized spacial score (nSPS) is 11.5. The van der Waals surface area contributed by atoms with E-state index in [2.05, 4.69) is 5.14 Å². The van der Waals surface area contributed by atoms with Crippen LogP contribution in [0.4, 0.5) is 13.2 Å². The largest absolute Gasteiger partial charge is 0.490 e. The summed E-state index contributed by atoms with van der Waals surface area (Å²) >= 11 is 0. The molecule has 0 aromatic carbocycles. The second kappa shape index (κ2) is 5.74. The Morgan fingerprint density at radius 3 is 1.71 bits per heavy atom. The zero-order chi connectivity index (χ0) is 12.0. The Balaban J connectivity index is 0. The van der Waals surface area contributed by atoms with E-state index in [-0.39, 0.29) is 6.67 Å². The van der Waals surface area contributed by atoms with E-state index in [4.69, 9.17) is 15.6 Å². The first kappa shape index (κ1) is 15.6. The summed E-state index contributed by atoms with van der Waals surface area (Å²) in [5, 5.41) is 11.6. The summed E-state index contributed by atoms with van der Waals surface area (Å²) in [6.45, 7) is -0.154. The molecule has 14 heavy (non-hydrogen) atoms. The van der Waals surface area contributed by atoms with Crippen molar-refractivity contribution in [3.8, 4) is 0 Å². The molecular formula is C3H8F3N3O4S. The number of carboxylic acid groups (broad SMARTS) is 1. The summed E-state index contributed by atoms with van der Waals surface area (Å²) in [6, 6.07) is 0. The highest BCUT2D eigenvalue weighted by Crippen LogP contribution is 2.13. The van der Waals surface area contributed by atoms with Gasteiger partial charge in [0.15, 0.2) is 0 Å². The number of alkyl halides is 3. The molecule has 0 saturated carbocycles. The minimum absolute atomic E-state index is 0.154. The fraction of sp³-hybridized carbons (Fsp3) is 0.667. The van der Waals surface area contributed by atoms with E-state index in [9.17, 15) is 21.6 Å². The molecule has 0 saturated heterocycles. The van der Waals surface area contributed by atoms with Gasteiger partial charge in [0.1, 0.15) is 0 Å². The zero-order valence-electron chi connectivity index (χ0n) is 6.58. The number of nitrogens with one attached hydrogen (secondary N) is 1. The molecule has 0 aromatic rings. The Morgan fingerprint density at radius 2 is 1.71 bits per heavy atom. The van der Waals surface area contributed by atoms with Crippen LogP contribution in [0, 0.1) is 0 Å². The highest BCUT2D eigenvalue weighted by Gasteiger charge is 2.38. The third kappa shape index (κ3) is 13.7. The van der Waals surface area contributed by atoms with E-state index >= 15 is 0 Å². The molecule has 0 rings (SSSR count). The van der Waals surface area contributed by atoms with Gasteiger partial charge in [0.2, 0.25) is 0 Å². The zero-order valence-corrected chi connectivity index (χ0v) is 7.39. The van der Waals surface area contributed by atoms with Gasteiger partial charge < -0.3 is 10.8 Å². The average Bonchev–Trinajstić information content (AvgIpc) is 1.82. The summed E-state index contributed by atoms with van der Waals surface area (Å²) in [7, 11) is -3.55. The first-order chi connectivity index (χ1) is 6.00. The summed E-state index contributed by atoms with van der Waals surface area (Å²) < 4.78 is 53.2. The smallest absolute Gasteiger partial charge is 0.475 e. The number of hydrogen-bond donors (Lipinski definition) is 4. The van der Waals surface area contributed by atoms with Crippen LogP contribution < -0.4 is 15.6 Å². The molecule has 7 nitrogen and oxygen atoms in total. The van der Waals surface area contributed by atoms with Crippen LogP contribution in [0.3, 0.4) is 0 Å². The molecule has 0 bridgehead atoms. The predicted molar refractivity (Wildman–Crippen MR) is 39.0 cm³/mol. The SMILES string of the molecule is NCNS(N)(=O)=O.O=C(O)C(F)(F)F. The number of nitrogens with two attached hydrogens (primary N) is 2. The van der Waals surface area contributed by atoms with Crippen LogP contribution >= 0.6 is 0 Å². The van der Waals surface area contributed by atoms with Crippen LogP contribution in [0.25, 0.3) is 0 Å². The highest BCUT2D eigenvalue weighted by atomic mass is 32.2. The fourth-order valence-electron chi connectivity index (χ4n) is 0.116. The van der Waals surface area contributed by atoms with Crippen molar-refractivity contribution in [3.05, 3.63) is 0 Å². The molecule has 0 heterocycles. The second-order valence-electron chi connectivity index (χ2n) is 1.70. The van der Waals surface area contributed by atoms with Gasteiger partial charge in [-0.1, -0.05) is 0 Å². The van der Waals surface area contributed by atoms with Crippen molar-refractivity contribution in [2.45, 2.75) is 6.18 Å². The van der Waals surface area contributed by atoms with Crippen molar-refractivity contribution in [1.82, 2.24) is 4.72 Å². The van der Waals surface area contributed by atoms with Gasteiger partial charge in [-0.05, 0) is 0 Å². The number of aliphatic carboxylic acids is 1. The lowest BCUT2D eigenvalue weighted by molar-refractivity contribution is -0.192. The molecule has 0 unspecified atom stereocenters. The molecule has 0 aliphatic carbocycles. The van der Waals surface area contributed by atoms with Crippen molar-refractivity contribution < 1.29 is 31.5 Å². The van der Waals surface area contributed by atoms with Gasteiger partial charge in [0, 0.05) is 0 Å². The Morgan fingerprint density at radius 1 is 1.43 bits per heavy atom. The average molecular weight is 239 g/mol. The monoisotopic (exact) mass is 239 g/mol. The third-order valence-electron chi connectivity index (χ3n) is 0.527. The maximum Gasteiger partial charge on any atom is 0.490 e. The molecule has 11 heteroatoms. The second-order valence-corrected chi connectivity index (χ2v) is 3.08. The number of carboxylic acids is 1. The molecule has 0 aromatic heterocycles. The molecular weight excluding hydrogens is 231 g/mol. The Labute approximate surface area is 77.1 Å². The van der Waals surface area contributed by atoms with E-state index in [0.717, 1.165) is 0 Å². The maximum atomic E-state index is 10.6. The Hall–Kier alpha value is -0.910. The number of halogens is 3. The first-order valence-electron chi connectivity index (χ1n) is 2.78. The summed E-state index contributed by atoms with van der Waals surface area (Å²) in [5.41, 5.74) is 4.74. The third-order valence-corrected chi connectivity index (χ3v) is 1.10. The van der Waals surface area contributed by atoms with Crippen molar-refractivity contribution in [2.24, 2.45) is 10.9 Å².